The van der Waals surface area contributed by atoms with Gasteiger partial charge in [-0.25, -0.2) is 0 Å². The second-order valence-corrected chi connectivity index (χ2v) is 9.14. The number of aliphatic hydroxyl groups excluding tert-OH is 1. The van der Waals surface area contributed by atoms with Crippen molar-refractivity contribution in [3.8, 4) is 0 Å². The molecule has 0 unspecified atom stereocenters. The first kappa shape index (κ1) is 16.7. The lowest BCUT2D eigenvalue weighted by Gasteiger charge is -2.43. The van der Waals surface area contributed by atoms with Gasteiger partial charge in [-0.05, 0) is 48.7 Å². The third kappa shape index (κ3) is 1.89. The van der Waals surface area contributed by atoms with Crippen molar-refractivity contribution in [3.05, 3.63) is 0 Å². The number of alkyl halides is 1. The average Bonchev–Trinajstić information content (AvgIpc) is 2.96. The lowest BCUT2D eigenvalue weighted by atomic mass is 9.74. The maximum Gasteiger partial charge on any atom is 0.267 e. The van der Waals surface area contributed by atoms with Crippen LogP contribution in [0.15, 0.2) is 0 Å². The largest absolute Gasteiger partial charge is 0.465 e. The highest BCUT2D eigenvalue weighted by Gasteiger charge is 2.73. The van der Waals surface area contributed by atoms with Gasteiger partial charge >= 0.3 is 0 Å². The lowest BCUT2D eigenvalue weighted by molar-refractivity contribution is -0.135. The lowest BCUT2D eigenvalue weighted by Crippen LogP contribution is -2.60. The van der Waals surface area contributed by atoms with E-state index in [9.17, 15) is 9.90 Å². The second kappa shape index (κ2) is 5.15. The monoisotopic (exact) mass is 389 g/mol. The minimum Gasteiger partial charge on any atom is -0.465 e. The molecule has 0 aromatic carbocycles. The van der Waals surface area contributed by atoms with E-state index < -0.39 is 10.9 Å². The molecule has 1 amide bonds. The van der Waals surface area contributed by atoms with Crippen LogP contribution in [0.2, 0.25) is 0 Å². The fraction of sp³-hybridized carbons (Fsp3) is 0.875. The zero-order chi connectivity index (χ0) is 16.4. The van der Waals surface area contributed by atoms with Crippen LogP contribution in [-0.4, -0.2) is 43.7 Å². The molecule has 22 heavy (non-hydrogen) atoms. The number of nitrogens with zero attached hydrogens (tertiary/aromatic N) is 1. The summed E-state index contributed by atoms with van der Waals surface area (Å²) in [6.45, 7) is 8.25. The Morgan fingerprint density at radius 2 is 2.14 bits per heavy atom. The van der Waals surface area contributed by atoms with E-state index in [1.54, 1.807) is 4.90 Å². The molecule has 5 atom stereocenters. The van der Waals surface area contributed by atoms with Crippen LogP contribution in [0.25, 0.3) is 0 Å². The van der Waals surface area contributed by atoms with Crippen LogP contribution in [-0.2, 0) is 9.53 Å². The molecule has 0 radical (unpaired) electrons. The van der Waals surface area contributed by atoms with E-state index in [-0.39, 0.29) is 34.1 Å². The molecule has 1 heterocycles. The molecule has 2 aliphatic carbocycles. The summed E-state index contributed by atoms with van der Waals surface area (Å²) in [7, 11) is 0. The number of amides is 1. The predicted octanol–water partition coefficient (Wildman–Crippen LogP) is 2.86. The molecule has 6 heteroatoms. The van der Waals surface area contributed by atoms with Crippen LogP contribution >= 0.6 is 28.1 Å². The molecule has 1 N–H and O–H groups in total. The molecular formula is C16H24BrNO3S. The number of fused-ring (bicyclic) bond motifs is 1. The summed E-state index contributed by atoms with van der Waals surface area (Å²) in [6, 6.07) is 0. The van der Waals surface area contributed by atoms with Crippen molar-refractivity contribution in [2.75, 3.05) is 0 Å². The molecule has 3 fully saturated rings. The molecule has 0 aromatic rings. The fourth-order valence-electron chi connectivity index (χ4n) is 4.79. The normalized spacial score (nSPS) is 38.1. The number of carbonyl (C=O) groups excluding carboxylic acids is 1. The standard InChI is InChI=1S/C16H24BrNO3S/c1-8(2)12(19)11(17)13(20)18-14(22)21-10-7-9-5-6-16(10,18)15(9,3)4/h8-12,19H,5-7H2,1-4H3/t9-,10-,11-,12-,16+/m1/s1. The van der Waals surface area contributed by atoms with Crippen LogP contribution in [0.4, 0.5) is 0 Å². The van der Waals surface area contributed by atoms with Gasteiger partial charge in [0.25, 0.3) is 5.17 Å². The van der Waals surface area contributed by atoms with Gasteiger partial charge in [0.15, 0.2) is 0 Å². The number of ether oxygens (including phenoxy) is 1. The van der Waals surface area contributed by atoms with Crippen LogP contribution in [0, 0.1) is 17.3 Å². The first-order valence-electron chi connectivity index (χ1n) is 8.01. The summed E-state index contributed by atoms with van der Waals surface area (Å²) in [5, 5.41) is 10.6. The molecule has 0 aromatic heterocycles. The van der Waals surface area contributed by atoms with Crippen molar-refractivity contribution in [1.82, 2.24) is 4.90 Å². The Labute approximate surface area is 145 Å². The van der Waals surface area contributed by atoms with E-state index >= 15 is 0 Å². The molecule has 1 aliphatic heterocycles. The van der Waals surface area contributed by atoms with Gasteiger partial charge in [0.1, 0.15) is 10.9 Å². The number of thiocarbonyl (C=S) groups is 1. The van der Waals surface area contributed by atoms with Crippen molar-refractivity contribution in [2.24, 2.45) is 17.3 Å². The highest BCUT2D eigenvalue weighted by Crippen LogP contribution is 2.66. The Morgan fingerprint density at radius 3 is 2.68 bits per heavy atom. The highest BCUT2D eigenvalue weighted by atomic mass is 79.9. The van der Waals surface area contributed by atoms with Gasteiger partial charge in [-0.1, -0.05) is 43.6 Å². The fourth-order valence-corrected chi connectivity index (χ4v) is 5.98. The van der Waals surface area contributed by atoms with Gasteiger partial charge in [-0.15, -0.1) is 0 Å². The molecule has 2 saturated carbocycles. The number of halogens is 1. The van der Waals surface area contributed by atoms with E-state index in [2.05, 4.69) is 29.8 Å². The molecule has 1 spiro atoms. The van der Waals surface area contributed by atoms with E-state index in [1.807, 2.05) is 13.8 Å². The Morgan fingerprint density at radius 1 is 1.50 bits per heavy atom. The zero-order valence-electron chi connectivity index (χ0n) is 13.5. The van der Waals surface area contributed by atoms with E-state index in [4.69, 9.17) is 17.0 Å². The molecule has 1 saturated heterocycles. The average molecular weight is 390 g/mol. The van der Waals surface area contributed by atoms with E-state index in [1.165, 1.54) is 0 Å². The van der Waals surface area contributed by atoms with Crippen LogP contribution in [0.5, 0.6) is 0 Å². The summed E-state index contributed by atoms with van der Waals surface area (Å²) in [5.74, 6) is 0.399. The van der Waals surface area contributed by atoms with E-state index in [0.717, 1.165) is 19.3 Å². The molecule has 3 rings (SSSR count). The van der Waals surface area contributed by atoms with Gasteiger partial charge in [-0.3, -0.25) is 9.69 Å². The number of rotatable bonds is 3. The topological polar surface area (TPSA) is 49.8 Å². The first-order chi connectivity index (χ1) is 10.1. The van der Waals surface area contributed by atoms with Crippen LogP contribution < -0.4 is 0 Å². The van der Waals surface area contributed by atoms with E-state index in [0.29, 0.717) is 5.92 Å². The third-order valence-electron chi connectivity index (χ3n) is 6.31. The van der Waals surface area contributed by atoms with Crippen molar-refractivity contribution in [3.63, 3.8) is 0 Å². The molecular weight excluding hydrogens is 366 g/mol. The van der Waals surface area contributed by atoms with Crippen molar-refractivity contribution < 1.29 is 14.6 Å². The quantitative estimate of drug-likeness (QED) is 0.595. The number of aliphatic hydroxyl groups is 1. The highest BCUT2D eigenvalue weighted by molar-refractivity contribution is 9.10. The Balaban J connectivity index is 1.96. The second-order valence-electron chi connectivity index (χ2n) is 7.80. The summed E-state index contributed by atoms with van der Waals surface area (Å²) in [6.07, 6.45) is 2.27. The Hall–Kier alpha value is -0.200. The number of carbonyl (C=O) groups is 1. The van der Waals surface area contributed by atoms with Gasteiger partial charge in [0.05, 0.1) is 11.6 Å². The molecule has 4 nitrogen and oxygen atoms in total. The molecule has 124 valence electrons. The van der Waals surface area contributed by atoms with Crippen molar-refractivity contribution in [1.29, 1.82) is 0 Å². The first-order valence-corrected chi connectivity index (χ1v) is 9.33. The van der Waals surface area contributed by atoms with Gasteiger partial charge < -0.3 is 9.84 Å². The maximum atomic E-state index is 13.1. The van der Waals surface area contributed by atoms with Gasteiger partial charge in [0, 0.05) is 0 Å². The predicted molar refractivity (Wildman–Crippen MR) is 91.7 cm³/mol. The Bertz CT molecular complexity index is 524. The minimum atomic E-state index is -0.743. The van der Waals surface area contributed by atoms with Crippen molar-refractivity contribution >= 4 is 39.2 Å². The Kier molecular flexibility index (Phi) is 3.90. The van der Waals surface area contributed by atoms with Gasteiger partial charge in [0.2, 0.25) is 5.91 Å². The third-order valence-corrected chi connectivity index (χ3v) is 7.52. The molecule has 3 aliphatic rings. The molecule has 2 bridgehead atoms. The maximum absolute atomic E-state index is 13.1. The summed E-state index contributed by atoms with van der Waals surface area (Å²) < 4.78 is 5.90. The van der Waals surface area contributed by atoms with Crippen molar-refractivity contribution in [2.45, 2.75) is 69.5 Å². The number of hydrogen-bond acceptors (Lipinski definition) is 4. The summed E-state index contributed by atoms with van der Waals surface area (Å²) >= 11 is 8.77. The summed E-state index contributed by atoms with van der Waals surface area (Å²) in [4.78, 5) is 14.1. The number of hydrogen-bond donors (Lipinski definition) is 1. The zero-order valence-corrected chi connectivity index (χ0v) is 15.9. The SMILES string of the molecule is CC(C)[C@@H](O)[C@@H](Br)C(=O)N1C(=S)O[C@@H]2C[C@H]3CC[C@@]21C3(C)C. The smallest absolute Gasteiger partial charge is 0.267 e. The van der Waals surface area contributed by atoms with Crippen LogP contribution in [0.3, 0.4) is 0 Å². The minimum absolute atomic E-state index is 0.00775. The van der Waals surface area contributed by atoms with Gasteiger partial charge in [-0.2, -0.15) is 0 Å². The van der Waals surface area contributed by atoms with Crippen LogP contribution in [0.1, 0.15) is 47.0 Å². The summed E-state index contributed by atoms with van der Waals surface area (Å²) in [5.41, 5.74) is -0.349.